The molecular formula is C16H15BrO2. The van der Waals surface area contributed by atoms with Crippen LogP contribution in [0.4, 0.5) is 0 Å². The molecule has 0 N–H and O–H groups in total. The van der Waals surface area contributed by atoms with Gasteiger partial charge in [-0.1, -0.05) is 35.0 Å². The van der Waals surface area contributed by atoms with Gasteiger partial charge in [-0.15, -0.1) is 0 Å². The predicted molar refractivity (Wildman–Crippen MR) is 79.8 cm³/mol. The quantitative estimate of drug-likeness (QED) is 0.760. The third-order valence-corrected chi connectivity index (χ3v) is 3.17. The Morgan fingerprint density at radius 3 is 2.47 bits per heavy atom. The largest absolute Gasteiger partial charge is 0.494 e. The van der Waals surface area contributed by atoms with E-state index in [1.54, 1.807) is 12.1 Å². The number of ether oxygens (including phenoxy) is 1. The monoisotopic (exact) mass is 318 g/mol. The van der Waals surface area contributed by atoms with Gasteiger partial charge in [-0.3, -0.25) is 4.79 Å². The lowest BCUT2D eigenvalue weighted by atomic mass is 10.0. The molecule has 0 heterocycles. The standard InChI is InChI=1S/C16H15BrO2/c1-2-10-19-15-8-6-12(7-9-15)16(18)13-4-3-5-14(17)11-13/h3-9,11H,2,10H2,1H3. The van der Waals surface area contributed by atoms with Crippen LogP contribution in [0.3, 0.4) is 0 Å². The van der Waals surface area contributed by atoms with E-state index in [0.29, 0.717) is 17.7 Å². The van der Waals surface area contributed by atoms with Crippen molar-refractivity contribution in [2.75, 3.05) is 6.61 Å². The number of rotatable bonds is 5. The maximum absolute atomic E-state index is 12.3. The Labute approximate surface area is 121 Å². The van der Waals surface area contributed by atoms with Crippen molar-refractivity contribution in [3.63, 3.8) is 0 Å². The SMILES string of the molecule is CCCOc1ccc(C(=O)c2cccc(Br)c2)cc1. The van der Waals surface area contributed by atoms with E-state index in [0.717, 1.165) is 16.6 Å². The van der Waals surface area contributed by atoms with Crippen molar-refractivity contribution in [3.8, 4) is 5.75 Å². The second-order valence-electron chi connectivity index (χ2n) is 4.21. The average Bonchev–Trinajstić information content (AvgIpc) is 2.45. The Bertz CT molecular complexity index is 561. The van der Waals surface area contributed by atoms with E-state index in [9.17, 15) is 4.79 Å². The van der Waals surface area contributed by atoms with E-state index in [-0.39, 0.29) is 5.78 Å². The molecule has 0 aliphatic rings. The minimum atomic E-state index is 0.0170. The fourth-order valence-corrected chi connectivity index (χ4v) is 2.12. The molecule has 2 aromatic carbocycles. The smallest absolute Gasteiger partial charge is 0.193 e. The Morgan fingerprint density at radius 1 is 1.11 bits per heavy atom. The summed E-state index contributed by atoms with van der Waals surface area (Å²) in [6.07, 6.45) is 0.971. The van der Waals surface area contributed by atoms with Crippen LogP contribution < -0.4 is 4.74 Å². The third kappa shape index (κ3) is 3.67. The van der Waals surface area contributed by atoms with Gasteiger partial charge in [0.1, 0.15) is 5.75 Å². The van der Waals surface area contributed by atoms with E-state index < -0.39 is 0 Å². The van der Waals surface area contributed by atoms with Crippen LogP contribution in [0, 0.1) is 0 Å². The minimum Gasteiger partial charge on any atom is -0.494 e. The van der Waals surface area contributed by atoms with Crippen LogP contribution >= 0.6 is 15.9 Å². The number of halogens is 1. The Balaban J connectivity index is 2.15. The highest BCUT2D eigenvalue weighted by molar-refractivity contribution is 9.10. The van der Waals surface area contributed by atoms with Crippen molar-refractivity contribution in [2.24, 2.45) is 0 Å². The molecule has 0 bridgehead atoms. The molecule has 19 heavy (non-hydrogen) atoms. The summed E-state index contributed by atoms with van der Waals surface area (Å²) >= 11 is 3.37. The van der Waals surface area contributed by atoms with E-state index in [1.165, 1.54) is 0 Å². The summed E-state index contributed by atoms with van der Waals surface area (Å²) < 4.78 is 6.40. The molecule has 2 nitrogen and oxygen atoms in total. The molecule has 0 aliphatic carbocycles. The lowest BCUT2D eigenvalue weighted by Crippen LogP contribution is -2.01. The summed E-state index contributed by atoms with van der Waals surface area (Å²) in [5.74, 6) is 0.816. The number of benzene rings is 2. The maximum atomic E-state index is 12.3. The summed E-state index contributed by atoms with van der Waals surface area (Å²) in [5, 5.41) is 0. The third-order valence-electron chi connectivity index (χ3n) is 2.68. The van der Waals surface area contributed by atoms with Crippen LogP contribution in [-0.4, -0.2) is 12.4 Å². The van der Waals surface area contributed by atoms with Crippen LogP contribution in [0.15, 0.2) is 53.0 Å². The zero-order chi connectivity index (χ0) is 13.7. The number of carbonyl (C=O) groups is 1. The maximum Gasteiger partial charge on any atom is 0.193 e. The van der Waals surface area contributed by atoms with Crippen molar-refractivity contribution in [1.29, 1.82) is 0 Å². The second kappa shape index (κ2) is 6.53. The molecule has 2 aromatic rings. The van der Waals surface area contributed by atoms with Gasteiger partial charge in [-0.05, 0) is 42.8 Å². The molecule has 0 atom stereocenters. The predicted octanol–water partition coefficient (Wildman–Crippen LogP) is 4.47. The lowest BCUT2D eigenvalue weighted by Gasteiger charge is -2.06. The highest BCUT2D eigenvalue weighted by atomic mass is 79.9. The average molecular weight is 319 g/mol. The molecule has 3 heteroatoms. The molecule has 0 amide bonds. The molecule has 0 saturated heterocycles. The first-order chi connectivity index (χ1) is 9.20. The molecule has 0 radical (unpaired) electrons. The normalized spacial score (nSPS) is 10.2. The lowest BCUT2D eigenvalue weighted by molar-refractivity contribution is 0.103. The first kappa shape index (κ1) is 13.8. The fraction of sp³-hybridized carbons (Fsp3) is 0.188. The van der Waals surface area contributed by atoms with Crippen LogP contribution in [0.5, 0.6) is 5.75 Å². The zero-order valence-corrected chi connectivity index (χ0v) is 12.3. The number of hydrogen-bond acceptors (Lipinski definition) is 2. The van der Waals surface area contributed by atoms with Crippen molar-refractivity contribution in [1.82, 2.24) is 0 Å². The van der Waals surface area contributed by atoms with Crippen molar-refractivity contribution < 1.29 is 9.53 Å². The van der Waals surface area contributed by atoms with Gasteiger partial charge in [0.2, 0.25) is 0 Å². The molecule has 0 fully saturated rings. The van der Waals surface area contributed by atoms with E-state index in [2.05, 4.69) is 22.9 Å². The Kier molecular flexibility index (Phi) is 4.74. The van der Waals surface area contributed by atoms with Crippen LogP contribution in [-0.2, 0) is 0 Å². The minimum absolute atomic E-state index is 0.0170. The summed E-state index contributed by atoms with van der Waals surface area (Å²) in [5.41, 5.74) is 1.35. The van der Waals surface area contributed by atoms with E-state index in [4.69, 9.17) is 4.74 Å². The summed E-state index contributed by atoms with van der Waals surface area (Å²) in [6, 6.07) is 14.7. The number of hydrogen-bond donors (Lipinski definition) is 0. The van der Waals surface area contributed by atoms with E-state index >= 15 is 0 Å². The van der Waals surface area contributed by atoms with Gasteiger partial charge in [0.25, 0.3) is 0 Å². The van der Waals surface area contributed by atoms with E-state index in [1.807, 2.05) is 36.4 Å². The summed E-state index contributed by atoms with van der Waals surface area (Å²) in [6.45, 7) is 2.75. The first-order valence-corrected chi connectivity index (χ1v) is 7.03. The Hall–Kier alpha value is -1.61. The molecule has 0 spiro atoms. The second-order valence-corrected chi connectivity index (χ2v) is 5.13. The van der Waals surface area contributed by atoms with Crippen LogP contribution in [0.1, 0.15) is 29.3 Å². The van der Waals surface area contributed by atoms with Crippen molar-refractivity contribution in [2.45, 2.75) is 13.3 Å². The number of carbonyl (C=O) groups excluding carboxylic acids is 1. The molecule has 2 rings (SSSR count). The van der Waals surface area contributed by atoms with Gasteiger partial charge in [-0.25, -0.2) is 0 Å². The molecule has 0 aliphatic heterocycles. The van der Waals surface area contributed by atoms with Gasteiger partial charge in [0, 0.05) is 15.6 Å². The molecule has 0 saturated carbocycles. The van der Waals surface area contributed by atoms with Gasteiger partial charge in [0.15, 0.2) is 5.78 Å². The van der Waals surface area contributed by atoms with Gasteiger partial charge >= 0.3 is 0 Å². The van der Waals surface area contributed by atoms with Crippen molar-refractivity contribution >= 4 is 21.7 Å². The highest BCUT2D eigenvalue weighted by Crippen LogP contribution is 2.18. The molecule has 0 aromatic heterocycles. The summed E-state index contributed by atoms with van der Waals surface area (Å²) in [4.78, 5) is 12.3. The van der Waals surface area contributed by atoms with Gasteiger partial charge in [0.05, 0.1) is 6.61 Å². The molecule has 98 valence electrons. The summed E-state index contributed by atoms with van der Waals surface area (Å²) in [7, 11) is 0. The fourth-order valence-electron chi connectivity index (χ4n) is 1.72. The first-order valence-electron chi connectivity index (χ1n) is 6.24. The molecular weight excluding hydrogens is 304 g/mol. The zero-order valence-electron chi connectivity index (χ0n) is 10.7. The highest BCUT2D eigenvalue weighted by Gasteiger charge is 2.09. The topological polar surface area (TPSA) is 26.3 Å². The van der Waals surface area contributed by atoms with Crippen LogP contribution in [0.25, 0.3) is 0 Å². The molecule has 0 unspecified atom stereocenters. The number of ketones is 1. The van der Waals surface area contributed by atoms with Crippen molar-refractivity contribution in [3.05, 3.63) is 64.1 Å². The Morgan fingerprint density at radius 2 is 1.84 bits per heavy atom. The van der Waals surface area contributed by atoms with Crippen LogP contribution in [0.2, 0.25) is 0 Å². The van der Waals surface area contributed by atoms with Gasteiger partial charge in [-0.2, -0.15) is 0 Å². The van der Waals surface area contributed by atoms with Gasteiger partial charge < -0.3 is 4.74 Å².